The number of rotatable bonds is 5. The minimum Gasteiger partial charge on any atom is -0.350 e. The molecule has 1 aromatic heterocycles. The molecular weight excluding hydrogens is 436 g/mol. The van der Waals surface area contributed by atoms with Gasteiger partial charge in [0.05, 0.1) is 29.1 Å². The molecule has 0 saturated heterocycles. The van der Waals surface area contributed by atoms with Crippen molar-refractivity contribution in [3.8, 4) is 11.3 Å². The van der Waals surface area contributed by atoms with Crippen molar-refractivity contribution in [2.75, 3.05) is 0 Å². The van der Waals surface area contributed by atoms with Crippen molar-refractivity contribution < 1.29 is 31.1 Å². The minimum atomic E-state index is -4.95. The molecule has 3 N–H and O–H groups in total. The van der Waals surface area contributed by atoms with E-state index in [1.807, 2.05) is 0 Å². The summed E-state index contributed by atoms with van der Waals surface area (Å²) in [7, 11) is 0. The van der Waals surface area contributed by atoms with Gasteiger partial charge in [-0.25, -0.2) is 0 Å². The Kier molecular flexibility index (Phi) is 6.83. The average molecular weight is 459 g/mol. The molecule has 3 rings (SSSR count). The van der Waals surface area contributed by atoms with Gasteiger partial charge < -0.3 is 11.1 Å². The number of carbonyl (C=O) groups is 1. The Balaban J connectivity index is 1.77. The maximum Gasteiger partial charge on any atom is 0.416 e. The lowest BCUT2D eigenvalue weighted by molar-refractivity contribution is -0.143. The van der Waals surface area contributed by atoms with E-state index in [-0.39, 0.29) is 36.2 Å². The number of alkyl halides is 6. The second kappa shape index (κ2) is 9.09. The molecule has 0 bridgehead atoms. The highest BCUT2D eigenvalue weighted by Gasteiger charge is 2.37. The number of nitrogens with one attached hydrogen (secondary N) is 1. The topological polar surface area (TPSA) is 68.0 Å². The third-order valence-electron chi connectivity index (χ3n) is 5.52. The van der Waals surface area contributed by atoms with Gasteiger partial charge in [-0.15, -0.1) is 0 Å². The first kappa shape index (κ1) is 24.0. The van der Waals surface area contributed by atoms with Crippen LogP contribution in [0.3, 0.4) is 0 Å². The Bertz CT molecular complexity index is 933. The summed E-state index contributed by atoms with van der Waals surface area (Å²) in [6, 6.07) is 5.63. The monoisotopic (exact) mass is 459 g/mol. The summed E-state index contributed by atoms with van der Waals surface area (Å²) in [5.74, 6) is -0.278. The number of hydrogen-bond acceptors (Lipinski definition) is 3. The molecule has 1 aliphatic rings. The van der Waals surface area contributed by atoms with Crippen LogP contribution in [-0.4, -0.2) is 16.4 Å². The van der Waals surface area contributed by atoms with Crippen LogP contribution in [0.5, 0.6) is 0 Å². The van der Waals surface area contributed by atoms with Crippen molar-refractivity contribution in [1.29, 1.82) is 0 Å². The maximum atomic E-state index is 13.1. The zero-order valence-electron chi connectivity index (χ0n) is 17.1. The summed E-state index contributed by atoms with van der Waals surface area (Å²) in [5.41, 5.74) is 2.82. The Morgan fingerprint density at radius 3 is 2.12 bits per heavy atom. The van der Waals surface area contributed by atoms with Crippen molar-refractivity contribution in [3.05, 3.63) is 53.2 Å². The van der Waals surface area contributed by atoms with Gasteiger partial charge in [-0.2, -0.15) is 26.3 Å². The van der Waals surface area contributed by atoms with Crippen molar-refractivity contribution in [2.24, 2.45) is 5.73 Å². The summed E-state index contributed by atoms with van der Waals surface area (Å²) < 4.78 is 78.7. The number of nitrogens with zero attached hydrogens (tertiary/aromatic N) is 1. The molecule has 0 radical (unpaired) electrons. The van der Waals surface area contributed by atoms with E-state index in [0.29, 0.717) is 17.8 Å². The number of halogens is 6. The quantitative estimate of drug-likeness (QED) is 0.584. The van der Waals surface area contributed by atoms with Gasteiger partial charge in [-0.3, -0.25) is 9.78 Å². The normalized spacial score (nSPS) is 16.6. The van der Waals surface area contributed by atoms with E-state index in [4.69, 9.17) is 5.73 Å². The van der Waals surface area contributed by atoms with Gasteiger partial charge in [-0.1, -0.05) is 25.3 Å². The molecule has 1 heterocycles. The lowest BCUT2D eigenvalue weighted by Gasteiger charge is -2.32. The Hall–Kier alpha value is -2.62. The van der Waals surface area contributed by atoms with E-state index in [9.17, 15) is 31.1 Å². The summed E-state index contributed by atoms with van der Waals surface area (Å²) in [5, 5.41) is 2.68. The number of nitrogens with two attached hydrogens (primary N) is 1. The number of amides is 1. The van der Waals surface area contributed by atoms with Crippen LogP contribution in [0, 0.1) is 0 Å². The fraction of sp³-hybridized carbons (Fsp3) is 0.455. The van der Waals surface area contributed by atoms with E-state index in [2.05, 4.69) is 10.3 Å². The molecule has 1 fully saturated rings. The average Bonchev–Trinajstić information content (AvgIpc) is 2.71. The number of carbonyl (C=O) groups excluding carboxylic acids is 1. The second-order valence-corrected chi connectivity index (χ2v) is 8.19. The number of pyridine rings is 1. The highest BCUT2D eigenvalue weighted by molar-refractivity contribution is 5.77. The third kappa shape index (κ3) is 6.21. The van der Waals surface area contributed by atoms with Gasteiger partial charge in [0.15, 0.2) is 0 Å². The molecule has 10 heteroatoms. The van der Waals surface area contributed by atoms with Gasteiger partial charge in [0, 0.05) is 17.5 Å². The van der Waals surface area contributed by atoms with Crippen LogP contribution in [0.25, 0.3) is 11.3 Å². The van der Waals surface area contributed by atoms with Crippen LogP contribution in [0.15, 0.2) is 36.4 Å². The Labute approximate surface area is 181 Å². The Morgan fingerprint density at radius 1 is 0.969 bits per heavy atom. The number of benzene rings is 1. The summed E-state index contributed by atoms with van der Waals surface area (Å²) in [6.45, 7) is -0.0200. The maximum absolute atomic E-state index is 13.1. The standard InChI is InChI=1S/C22H23F6N3O/c23-21(24,25)15-9-14(10-16(11-15)22(26,27)28)18-6-4-5-17(31-18)13-30-19(32)12-20(29)7-2-1-3-8-20/h4-6,9-11H,1-3,7-8,12-13,29H2,(H,30,32). The molecule has 2 aromatic rings. The molecule has 0 spiro atoms. The van der Waals surface area contributed by atoms with Gasteiger partial charge in [-0.05, 0) is 43.2 Å². The van der Waals surface area contributed by atoms with Crippen molar-refractivity contribution >= 4 is 5.91 Å². The van der Waals surface area contributed by atoms with E-state index in [1.165, 1.54) is 18.2 Å². The minimum absolute atomic E-state index is 0.0200. The van der Waals surface area contributed by atoms with Gasteiger partial charge >= 0.3 is 12.4 Å². The number of hydrogen-bond donors (Lipinski definition) is 2. The van der Waals surface area contributed by atoms with Crippen LogP contribution in [0.1, 0.15) is 55.3 Å². The van der Waals surface area contributed by atoms with Gasteiger partial charge in [0.2, 0.25) is 5.91 Å². The zero-order chi connectivity index (χ0) is 23.6. The van der Waals surface area contributed by atoms with Crippen LogP contribution < -0.4 is 11.1 Å². The molecule has 1 amide bonds. The largest absolute Gasteiger partial charge is 0.416 e. The first-order chi connectivity index (χ1) is 14.9. The van der Waals surface area contributed by atoms with E-state index in [1.54, 1.807) is 0 Å². The van der Waals surface area contributed by atoms with Crippen molar-refractivity contribution in [1.82, 2.24) is 10.3 Å². The van der Waals surface area contributed by atoms with Gasteiger partial charge in [0.25, 0.3) is 0 Å². The molecule has 1 saturated carbocycles. The van der Waals surface area contributed by atoms with E-state index in [0.717, 1.165) is 32.1 Å². The highest BCUT2D eigenvalue weighted by Crippen LogP contribution is 2.38. The summed E-state index contributed by atoms with van der Waals surface area (Å²) in [4.78, 5) is 16.4. The molecule has 4 nitrogen and oxygen atoms in total. The fourth-order valence-electron chi connectivity index (χ4n) is 3.85. The first-order valence-electron chi connectivity index (χ1n) is 10.2. The molecule has 32 heavy (non-hydrogen) atoms. The second-order valence-electron chi connectivity index (χ2n) is 8.19. The predicted molar refractivity (Wildman–Crippen MR) is 106 cm³/mol. The smallest absolute Gasteiger partial charge is 0.350 e. The lowest BCUT2D eigenvalue weighted by atomic mass is 9.80. The molecule has 0 aliphatic heterocycles. The van der Waals surface area contributed by atoms with Crippen LogP contribution >= 0.6 is 0 Å². The fourth-order valence-corrected chi connectivity index (χ4v) is 3.85. The first-order valence-corrected chi connectivity index (χ1v) is 10.2. The highest BCUT2D eigenvalue weighted by atomic mass is 19.4. The van der Waals surface area contributed by atoms with Gasteiger partial charge in [0.1, 0.15) is 0 Å². The third-order valence-corrected chi connectivity index (χ3v) is 5.52. The summed E-state index contributed by atoms with van der Waals surface area (Å²) in [6.07, 6.45) is -5.22. The van der Waals surface area contributed by atoms with Crippen LogP contribution in [0.2, 0.25) is 0 Å². The molecule has 1 aliphatic carbocycles. The molecular formula is C22H23F6N3O. The molecule has 0 atom stereocenters. The zero-order valence-corrected chi connectivity index (χ0v) is 17.1. The van der Waals surface area contributed by atoms with E-state index < -0.39 is 29.0 Å². The van der Waals surface area contributed by atoms with Crippen molar-refractivity contribution in [3.63, 3.8) is 0 Å². The molecule has 174 valence electrons. The van der Waals surface area contributed by atoms with Crippen LogP contribution in [-0.2, 0) is 23.7 Å². The Morgan fingerprint density at radius 2 is 1.56 bits per heavy atom. The van der Waals surface area contributed by atoms with Crippen LogP contribution in [0.4, 0.5) is 26.3 Å². The predicted octanol–water partition coefficient (Wildman–Crippen LogP) is 5.45. The SMILES string of the molecule is NC1(CC(=O)NCc2cccc(-c3cc(C(F)(F)F)cc(C(F)(F)F)c3)n2)CCCCC1. The molecule has 0 unspecified atom stereocenters. The van der Waals surface area contributed by atoms with Crippen molar-refractivity contribution in [2.45, 2.75) is 63.0 Å². The van der Waals surface area contributed by atoms with E-state index >= 15 is 0 Å². The number of aromatic nitrogens is 1. The summed E-state index contributed by atoms with van der Waals surface area (Å²) >= 11 is 0. The lowest BCUT2D eigenvalue weighted by Crippen LogP contribution is -2.45. The molecule has 1 aromatic carbocycles.